The molecule has 26 heavy (non-hydrogen) atoms. The van der Waals surface area contributed by atoms with Gasteiger partial charge in [-0.25, -0.2) is 0 Å². The summed E-state index contributed by atoms with van der Waals surface area (Å²) >= 11 is 0. The highest BCUT2D eigenvalue weighted by atomic mass is 16.5. The highest BCUT2D eigenvalue weighted by molar-refractivity contribution is 5.94. The van der Waals surface area contributed by atoms with Crippen molar-refractivity contribution < 1.29 is 14.3 Å². The van der Waals surface area contributed by atoms with Gasteiger partial charge in [0.2, 0.25) is 5.91 Å². The second-order valence-electron chi connectivity index (χ2n) is 8.21. The molecule has 1 aliphatic heterocycles. The lowest BCUT2D eigenvalue weighted by atomic mass is 9.65. The van der Waals surface area contributed by atoms with Crippen LogP contribution in [-0.2, 0) is 11.2 Å². The topological polar surface area (TPSA) is 73.6 Å². The highest BCUT2D eigenvalue weighted by Gasteiger charge is 2.40. The van der Waals surface area contributed by atoms with E-state index in [9.17, 15) is 4.79 Å². The molecule has 3 atom stereocenters. The van der Waals surface area contributed by atoms with Crippen molar-refractivity contribution in [3.8, 4) is 11.5 Å². The first-order valence-corrected chi connectivity index (χ1v) is 10.1. The number of nitrogens with two attached hydrogens (primary N) is 1. The van der Waals surface area contributed by atoms with Gasteiger partial charge in [0.1, 0.15) is 17.6 Å². The van der Waals surface area contributed by atoms with Crippen LogP contribution in [0.4, 0.5) is 5.69 Å². The molecule has 2 saturated carbocycles. The van der Waals surface area contributed by atoms with Gasteiger partial charge in [-0.3, -0.25) is 4.79 Å². The summed E-state index contributed by atoms with van der Waals surface area (Å²) in [6, 6.07) is 4.22. The van der Waals surface area contributed by atoms with Crippen molar-refractivity contribution in [1.29, 1.82) is 0 Å². The number of fused-ring (bicyclic) bond motifs is 3. The lowest BCUT2D eigenvalue weighted by Gasteiger charge is -2.43. The minimum absolute atomic E-state index is 0.0488. The van der Waals surface area contributed by atoms with Crippen LogP contribution in [-0.4, -0.2) is 24.7 Å². The number of nitrogens with one attached hydrogen (secondary N) is 1. The predicted octanol–water partition coefficient (Wildman–Crippen LogP) is 3.50. The molecule has 2 aliphatic carbocycles. The first kappa shape index (κ1) is 17.7. The molecule has 3 N–H and O–H groups in total. The lowest BCUT2D eigenvalue weighted by molar-refractivity contribution is -0.122. The number of carbonyl (C=O) groups excluding carboxylic acids is 1. The van der Waals surface area contributed by atoms with E-state index in [1.165, 1.54) is 6.42 Å². The molecule has 142 valence electrons. The summed E-state index contributed by atoms with van der Waals surface area (Å²) in [4.78, 5) is 13.0. The zero-order valence-corrected chi connectivity index (χ0v) is 15.8. The van der Waals surface area contributed by atoms with Crippen LogP contribution in [0.2, 0.25) is 0 Å². The van der Waals surface area contributed by atoms with Crippen LogP contribution in [0.25, 0.3) is 0 Å². The molecule has 2 fully saturated rings. The van der Waals surface area contributed by atoms with Crippen molar-refractivity contribution in [2.45, 2.75) is 64.5 Å². The molecule has 1 aromatic rings. The average Bonchev–Trinajstić information content (AvgIpc) is 2.94. The molecule has 3 aliphatic rings. The minimum Gasteiger partial charge on any atom is -0.492 e. The number of hydrogen-bond donors (Lipinski definition) is 2. The Labute approximate surface area is 155 Å². The first-order chi connectivity index (χ1) is 12.5. The SMILES string of the molecule is CCOc1cc2c(cc1NC(=O)C1CC3CCCC(C1)C3N)OC(C)C2. The van der Waals surface area contributed by atoms with E-state index in [1.807, 2.05) is 19.1 Å². The second-order valence-corrected chi connectivity index (χ2v) is 8.21. The van der Waals surface area contributed by atoms with Crippen molar-refractivity contribution in [3.05, 3.63) is 17.7 Å². The van der Waals surface area contributed by atoms with Crippen LogP contribution in [0, 0.1) is 17.8 Å². The van der Waals surface area contributed by atoms with E-state index in [-0.39, 0.29) is 24.0 Å². The summed E-state index contributed by atoms with van der Waals surface area (Å²) in [6.45, 7) is 4.59. The number of ether oxygens (including phenoxy) is 2. The fourth-order valence-corrected chi connectivity index (χ4v) is 5.05. The zero-order chi connectivity index (χ0) is 18.3. The van der Waals surface area contributed by atoms with Gasteiger partial charge in [0.25, 0.3) is 0 Å². The molecule has 5 nitrogen and oxygen atoms in total. The summed E-state index contributed by atoms with van der Waals surface area (Å²) in [5, 5.41) is 3.13. The average molecular weight is 358 g/mol. The first-order valence-electron chi connectivity index (χ1n) is 10.1. The molecule has 2 bridgehead atoms. The third-order valence-electron chi connectivity index (χ3n) is 6.34. The number of hydrogen-bond acceptors (Lipinski definition) is 4. The van der Waals surface area contributed by atoms with Gasteiger partial charge in [0, 0.05) is 30.0 Å². The van der Waals surface area contributed by atoms with E-state index in [0.717, 1.165) is 54.9 Å². The molecular formula is C21H30N2O3. The number of anilines is 1. The van der Waals surface area contributed by atoms with Gasteiger partial charge in [-0.05, 0) is 57.4 Å². The van der Waals surface area contributed by atoms with E-state index in [4.69, 9.17) is 15.2 Å². The van der Waals surface area contributed by atoms with E-state index >= 15 is 0 Å². The summed E-state index contributed by atoms with van der Waals surface area (Å²) < 4.78 is 11.6. The molecule has 0 radical (unpaired) electrons. The number of benzene rings is 1. The second kappa shape index (κ2) is 7.10. The van der Waals surface area contributed by atoms with Crippen LogP contribution in [0.3, 0.4) is 0 Å². The number of rotatable bonds is 4. The molecule has 0 spiro atoms. The monoisotopic (exact) mass is 358 g/mol. The normalized spacial score (nSPS) is 32.5. The molecular weight excluding hydrogens is 328 g/mol. The Balaban J connectivity index is 1.51. The smallest absolute Gasteiger partial charge is 0.227 e. The Hall–Kier alpha value is -1.75. The Kier molecular flexibility index (Phi) is 4.82. The summed E-state index contributed by atoms with van der Waals surface area (Å²) in [5.74, 6) is 2.74. The predicted molar refractivity (Wildman–Crippen MR) is 102 cm³/mol. The van der Waals surface area contributed by atoms with Gasteiger partial charge < -0.3 is 20.5 Å². The quantitative estimate of drug-likeness (QED) is 0.864. The lowest BCUT2D eigenvalue weighted by Crippen LogP contribution is -2.48. The van der Waals surface area contributed by atoms with Crippen LogP contribution < -0.4 is 20.5 Å². The van der Waals surface area contributed by atoms with Gasteiger partial charge in [-0.15, -0.1) is 0 Å². The summed E-state index contributed by atoms with van der Waals surface area (Å²) in [5.41, 5.74) is 8.25. The van der Waals surface area contributed by atoms with Gasteiger partial charge in [-0.1, -0.05) is 6.42 Å². The maximum absolute atomic E-state index is 13.0. The van der Waals surface area contributed by atoms with Crippen molar-refractivity contribution in [1.82, 2.24) is 0 Å². The fraction of sp³-hybridized carbons (Fsp3) is 0.667. The third-order valence-corrected chi connectivity index (χ3v) is 6.34. The maximum Gasteiger partial charge on any atom is 0.227 e. The van der Waals surface area contributed by atoms with E-state index in [0.29, 0.717) is 18.4 Å². The Morgan fingerprint density at radius 2 is 2.04 bits per heavy atom. The van der Waals surface area contributed by atoms with Gasteiger partial charge in [-0.2, -0.15) is 0 Å². The van der Waals surface area contributed by atoms with E-state index in [2.05, 4.69) is 12.2 Å². The summed E-state index contributed by atoms with van der Waals surface area (Å²) in [6.07, 6.45) is 6.45. The van der Waals surface area contributed by atoms with E-state index in [1.54, 1.807) is 0 Å². The Morgan fingerprint density at radius 1 is 1.31 bits per heavy atom. The summed E-state index contributed by atoms with van der Waals surface area (Å²) in [7, 11) is 0. The van der Waals surface area contributed by atoms with Gasteiger partial charge in [0.15, 0.2) is 0 Å². The fourth-order valence-electron chi connectivity index (χ4n) is 5.05. The Bertz CT molecular complexity index is 676. The maximum atomic E-state index is 13.0. The molecule has 1 aromatic carbocycles. The third kappa shape index (κ3) is 3.29. The molecule has 4 rings (SSSR count). The zero-order valence-electron chi connectivity index (χ0n) is 15.8. The molecule has 0 aromatic heterocycles. The molecule has 0 saturated heterocycles. The van der Waals surface area contributed by atoms with Gasteiger partial charge in [0.05, 0.1) is 12.3 Å². The van der Waals surface area contributed by atoms with Gasteiger partial charge >= 0.3 is 0 Å². The minimum atomic E-state index is 0.0488. The van der Waals surface area contributed by atoms with Crippen LogP contribution in [0.1, 0.15) is 51.5 Å². The van der Waals surface area contributed by atoms with Crippen molar-refractivity contribution >= 4 is 11.6 Å². The molecule has 1 heterocycles. The molecule has 5 heteroatoms. The van der Waals surface area contributed by atoms with E-state index < -0.39 is 0 Å². The highest BCUT2D eigenvalue weighted by Crippen LogP contribution is 2.43. The van der Waals surface area contributed by atoms with Crippen LogP contribution in [0.15, 0.2) is 12.1 Å². The van der Waals surface area contributed by atoms with Crippen molar-refractivity contribution in [3.63, 3.8) is 0 Å². The standard InChI is InChI=1S/C21H30N2O3/c1-3-25-19-10-15-7-12(2)26-18(15)11-17(19)23-21(24)16-8-13-5-4-6-14(9-16)20(13)22/h10-14,16,20H,3-9,22H2,1-2H3,(H,23,24). The van der Waals surface area contributed by atoms with Crippen molar-refractivity contribution in [2.24, 2.45) is 23.5 Å². The van der Waals surface area contributed by atoms with Crippen LogP contribution in [0.5, 0.6) is 11.5 Å². The Morgan fingerprint density at radius 3 is 2.73 bits per heavy atom. The van der Waals surface area contributed by atoms with Crippen LogP contribution >= 0.6 is 0 Å². The number of carbonyl (C=O) groups is 1. The largest absolute Gasteiger partial charge is 0.492 e. The molecule has 3 unspecified atom stereocenters. The number of amides is 1. The molecule has 1 amide bonds. The van der Waals surface area contributed by atoms with Crippen molar-refractivity contribution in [2.75, 3.05) is 11.9 Å².